The van der Waals surface area contributed by atoms with Crippen LogP contribution in [0.2, 0.25) is 0 Å². The molecule has 0 aliphatic carbocycles. The zero-order valence-electron chi connectivity index (χ0n) is 15.1. The second-order valence-corrected chi connectivity index (χ2v) is 6.18. The van der Waals surface area contributed by atoms with Gasteiger partial charge in [-0.2, -0.15) is 0 Å². The van der Waals surface area contributed by atoms with Crippen LogP contribution < -0.4 is 10.6 Å². The molecule has 0 spiro atoms. The van der Waals surface area contributed by atoms with Crippen LogP contribution in [-0.2, 0) is 13.0 Å². The van der Waals surface area contributed by atoms with E-state index in [9.17, 15) is 4.39 Å². The number of hydrogen-bond acceptors (Lipinski definition) is 2. The van der Waals surface area contributed by atoms with Crippen LogP contribution in [0.25, 0.3) is 10.9 Å². The van der Waals surface area contributed by atoms with Crippen LogP contribution in [0, 0.1) is 12.7 Å². The normalized spacial score (nSPS) is 11.6. The van der Waals surface area contributed by atoms with Crippen LogP contribution in [0.3, 0.4) is 0 Å². The highest BCUT2D eigenvalue weighted by molar-refractivity contribution is 5.82. The summed E-state index contributed by atoms with van der Waals surface area (Å²) in [7, 11) is 1.73. The fraction of sp³-hybridized carbons (Fsp3) is 0.238. The zero-order chi connectivity index (χ0) is 18.4. The van der Waals surface area contributed by atoms with Crippen molar-refractivity contribution < 1.29 is 4.39 Å². The molecule has 1 heterocycles. The molecule has 1 aromatic heterocycles. The van der Waals surface area contributed by atoms with Gasteiger partial charge in [-0.3, -0.25) is 9.98 Å². The Balaban J connectivity index is 1.55. The Morgan fingerprint density at radius 1 is 1.12 bits per heavy atom. The second-order valence-electron chi connectivity index (χ2n) is 6.18. The molecule has 0 radical (unpaired) electrons. The van der Waals surface area contributed by atoms with Crippen molar-refractivity contribution in [3.8, 4) is 0 Å². The highest BCUT2D eigenvalue weighted by atomic mass is 19.1. The predicted molar refractivity (Wildman–Crippen MR) is 105 cm³/mol. The SMILES string of the molecule is CN=C(NCCc1cccc2cccnc12)NCc1ccc(C)c(F)c1. The standard InChI is InChI=1S/C21H23FN4/c1-15-8-9-16(13-19(15)22)14-26-21(23-2)25-12-10-18-6-3-5-17-7-4-11-24-20(17)18/h3-9,11,13H,10,12,14H2,1-2H3,(H2,23,25,26). The summed E-state index contributed by atoms with van der Waals surface area (Å²) in [6.07, 6.45) is 2.66. The number of fused-ring (bicyclic) bond motifs is 1. The lowest BCUT2D eigenvalue weighted by Gasteiger charge is -2.13. The lowest BCUT2D eigenvalue weighted by molar-refractivity contribution is 0.615. The number of benzene rings is 2. The first-order chi connectivity index (χ1) is 12.7. The van der Waals surface area contributed by atoms with Crippen LogP contribution in [0.1, 0.15) is 16.7 Å². The average molecular weight is 350 g/mol. The third-order valence-electron chi connectivity index (χ3n) is 4.32. The van der Waals surface area contributed by atoms with Crippen molar-refractivity contribution in [2.24, 2.45) is 4.99 Å². The molecule has 0 atom stereocenters. The molecular weight excluding hydrogens is 327 g/mol. The molecule has 0 amide bonds. The van der Waals surface area contributed by atoms with Gasteiger partial charge in [-0.1, -0.05) is 36.4 Å². The molecule has 2 aromatic carbocycles. The van der Waals surface area contributed by atoms with Crippen molar-refractivity contribution in [1.29, 1.82) is 0 Å². The summed E-state index contributed by atoms with van der Waals surface area (Å²) in [6, 6.07) is 15.5. The van der Waals surface area contributed by atoms with E-state index in [1.54, 1.807) is 26.1 Å². The molecule has 3 aromatic rings. The summed E-state index contributed by atoms with van der Waals surface area (Å²) in [5.74, 6) is 0.509. The van der Waals surface area contributed by atoms with Gasteiger partial charge >= 0.3 is 0 Å². The Morgan fingerprint density at radius 3 is 2.77 bits per heavy atom. The van der Waals surface area contributed by atoms with Crippen molar-refractivity contribution in [3.63, 3.8) is 0 Å². The average Bonchev–Trinajstić information content (AvgIpc) is 2.67. The largest absolute Gasteiger partial charge is 0.356 e. The predicted octanol–water partition coefficient (Wildman–Crippen LogP) is 3.59. The van der Waals surface area contributed by atoms with E-state index >= 15 is 0 Å². The van der Waals surface area contributed by atoms with Gasteiger partial charge in [-0.25, -0.2) is 4.39 Å². The van der Waals surface area contributed by atoms with Crippen LogP contribution in [0.5, 0.6) is 0 Å². The Labute approximate surface area is 153 Å². The van der Waals surface area contributed by atoms with E-state index < -0.39 is 0 Å². The van der Waals surface area contributed by atoms with E-state index in [0.717, 1.165) is 29.4 Å². The van der Waals surface area contributed by atoms with Crippen LogP contribution in [-0.4, -0.2) is 24.5 Å². The second kappa shape index (κ2) is 8.43. The van der Waals surface area contributed by atoms with Crippen molar-refractivity contribution >= 4 is 16.9 Å². The van der Waals surface area contributed by atoms with Gasteiger partial charge in [0.2, 0.25) is 0 Å². The fourth-order valence-corrected chi connectivity index (χ4v) is 2.84. The van der Waals surface area contributed by atoms with Gasteiger partial charge in [-0.15, -0.1) is 0 Å². The number of aryl methyl sites for hydroxylation is 1. The van der Waals surface area contributed by atoms with Gasteiger partial charge in [0, 0.05) is 31.7 Å². The summed E-state index contributed by atoms with van der Waals surface area (Å²) in [5, 5.41) is 7.66. The third-order valence-corrected chi connectivity index (χ3v) is 4.32. The quantitative estimate of drug-likeness (QED) is 0.546. The Bertz CT molecular complexity index is 916. The molecule has 0 unspecified atom stereocenters. The van der Waals surface area contributed by atoms with E-state index in [2.05, 4.69) is 44.9 Å². The topological polar surface area (TPSA) is 49.3 Å². The Morgan fingerprint density at radius 2 is 1.96 bits per heavy atom. The maximum absolute atomic E-state index is 13.6. The zero-order valence-corrected chi connectivity index (χ0v) is 15.1. The van der Waals surface area contributed by atoms with Crippen LogP contribution in [0.15, 0.2) is 59.7 Å². The maximum atomic E-state index is 13.6. The van der Waals surface area contributed by atoms with Gasteiger partial charge in [0.15, 0.2) is 5.96 Å². The number of pyridine rings is 1. The first-order valence-corrected chi connectivity index (χ1v) is 8.69. The van der Waals surface area contributed by atoms with Crippen LogP contribution >= 0.6 is 0 Å². The summed E-state index contributed by atoms with van der Waals surface area (Å²) in [4.78, 5) is 8.70. The number of rotatable bonds is 5. The number of hydrogen-bond donors (Lipinski definition) is 2. The monoisotopic (exact) mass is 350 g/mol. The molecule has 4 nitrogen and oxygen atoms in total. The third kappa shape index (κ3) is 4.36. The van der Waals surface area contributed by atoms with Gasteiger partial charge < -0.3 is 10.6 Å². The molecule has 134 valence electrons. The number of para-hydroxylation sites is 1. The van der Waals surface area contributed by atoms with Gasteiger partial charge in [0.25, 0.3) is 0 Å². The van der Waals surface area contributed by atoms with Crippen LogP contribution in [0.4, 0.5) is 4.39 Å². The molecule has 0 fully saturated rings. The smallest absolute Gasteiger partial charge is 0.191 e. The maximum Gasteiger partial charge on any atom is 0.191 e. The van der Waals surface area contributed by atoms with E-state index in [4.69, 9.17) is 0 Å². The molecule has 0 saturated carbocycles. The van der Waals surface area contributed by atoms with E-state index in [1.165, 1.54) is 5.56 Å². The molecule has 5 heteroatoms. The van der Waals surface area contributed by atoms with Crippen molar-refractivity contribution in [3.05, 3.63) is 77.2 Å². The van der Waals surface area contributed by atoms with Gasteiger partial charge in [0.05, 0.1) is 5.52 Å². The lowest BCUT2D eigenvalue weighted by atomic mass is 10.1. The molecular formula is C21H23FN4. The number of nitrogens with zero attached hydrogens (tertiary/aromatic N) is 2. The number of nitrogens with one attached hydrogen (secondary N) is 2. The highest BCUT2D eigenvalue weighted by Gasteiger charge is 2.04. The van der Waals surface area contributed by atoms with Crippen molar-refractivity contribution in [1.82, 2.24) is 15.6 Å². The molecule has 0 bridgehead atoms. The van der Waals surface area contributed by atoms with Crippen molar-refractivity contribution in [2.45, 2.75) is 19.9 Å². The molecule has 3 rings (SSSR count). The Kier molecular flexibility index (Phi) is 5.79. The minimum atomic E-state index is -0.185. The summed E-state index contributed by atoms with van der Waals surface area (Å²) in [5.41, 5.74) is 3.77. The summed E-state index contributed by atoms with van der Waals surface area (Å²) in [6.45, 7) is 3.01. The minimum absolute atomic E-state index is 0.185. The molecule has 0 saturated heterocycles. The number of aliphatic imine (C=N–C) groups is 1. The van der Waals surface area contributed by atoms with E-state index in [1.807, 2.05) is 18.3 Å². The number of aromatic nitrogens is 1. The first kappa shape index (κ1) is 17.9. The first-order valence-electron chi connectivity index (χ1n) is 8.69. The lowest BCUT2D eigenvalue weighted by Crippen LogP contribution is -2.37. The van der Waals surface area contributed by atoms with Gasteiger partial charge in [-0.05, 0) is 42.2 Å². The molecule has 0 aliphatic heterocycles. The van der Waals surface area contributed by atoms with E-state index in [0.29, 0.717) is 18.1 Å². The highest BCUT2D eigenvalue weighted by Crippen LogP contribution is 2.16. The van der Waals surface area contributed by atoms with Gasteiger partial charge in [0.1, 0.15) is 5.82 Å². The summed E-state index contributed by atoms with van der Waals surface area (Å²) < 4.78 is 13.6. The number of guanidine groups is 1. The summed E-state index contributed by atoms with van der Waals surface area (Å²) >= 11 is 0. The Hall–Kier alpha value is -2.95. The fourth-order valence-electron chi connectivity index (χ4n) is 2.84. The molecule has 2 N–H and O–H groups in total. The van der Waals surface area contributed by atoms with E-state index in [-0.39, 0.29) is 5.82 Å². The minimum Gasteiger partial charge on any atom is -0.356 e. The molecule has 0 aliphatic rings. The molecule has 26 heavy (non-hydrogen) atoms. The van der Waals surface area contributed by atoms with Crippen molar-refractivity contribution in [2.75, 3.05) is 13.6 Å². The number of halogens is 1.